The van der Waals surface area contributed by atoms with Crippen molar-refractivity contribution in [2.75, 3.05) is 0 Å². The van der Waals surface area contributed by atoms with E-state index in [2.05, 4.69) is 37.8 Å². The molecule has 5 rings (SSSR count). The second kappa shape index (κ2) is 3.81. The van der Waals surface area contributed by atoms with Crippen molar-refractivity contribution in [3.63, 3.8) is 0 Å². The summed E-state index contributed by atoms with van der Waals surface area (Å²) in [7, 11) is 0. The van der Waals surface area contributed by atoms with Crippen LogP contribution < -0.4 is 0 Å². The molecule has 1 aliphatic heterocycles. The summed E-state index contributed by atoms with van der Waals surface area (Å²) in [6, 6.07) is 6.75. The first-order valence-corrected chi connectivity index (χ1v) is 7.36. The predicted molar refractivity (Wildman–Crippen MR) is 78.4 cm³/mol. The highest BCUT2D eigenvalue weighted by atomic mass is 15.3. The van der Waals surface area contributed by atoms with Gasteiger partial charge in [-0.05, 0) is 43.4 Å². The Morgan fingerprint density at radius 3 is 2.95 bits per heavy atom. The Hall–Kier alpha value is -2.43. The molecular weight excluding hydrogens is 262 g/mol. The van der Waals surface area contributed by atoms with Crippen molar-refractivity contribution in [2.24, 2.45) is 0 Å². The Kier molecular flexibility index (Phi) is 2.04. The summed E-state index contributed by atoms with van der Waals surface area (Å²) in [6.45, 7) is 2.76. The highest BCUT2D eigenvalue weighted by Gasteiger charge is 2.27. The van der Waals surface area contributed by atoms with Crippen LogP contribution in [0.15, 0.2) is 30.9 Å². The number of fused-ring (bicyclic) bond motifs is 5. The van der Waals surface area contributed by atoms with E-state index in [-0.39, 0.29) is 0 Å². The summed E-state index contributed by atoms with van der Waals surface area (Å²) in [5.74, 6) is 1.69. The zero-order chi connectivity index (χ0) is 14.0. The van der Waals surface area contributed by atoms with Gasteiger partial charge in [-0.15, -0.1) is 0 Å². The maximum absolute atomic E-state index is 4.49. The number of aryl methyl sites for hydroxylation is 1. The third-order valence-electron chi connectivity index (χ3n) is 4.56. The van der Waals surface area contributed by atoms with Gasteiger partial charge in [-0.3, -0.25) is 0 Å². The smallest absolute Gasteiger partial charge is 0.160 e. The molecule has 0 N–H and O–H groups in total. The van der Waals surface area contributed by atoms with E-state index in [1.165, 1.54) is 24.1 Å². The number of aromatic nitrogens is 5. The Balaban J connectivity index is 1.84. The molecule has 5 heteroatoms. The van der Waals surface area contributed by atoms with E-state index in [1.807, 2.05) is 17.9 Å². The number of benzene rings is 1. The summed E-state index contributed by atoms with van der Waals surface area (Å²) in [6.07, 6.45) is 6.17. The third-order valence-corrected chi connectivity index (χ3v) is 4.56. The molecule has 3 heterocycles. The lowest BCUT2D eigenvalue weighted by Crippen LogP contribution is -2.05. The molecule has 0 amide bonds. The van der Waals surface area contributed by atoms with Crippen molar-refractivity contribution in [2.45, 2.75) is 32.2 Å². The van der Waals surface area contributed by atoms with Gasteiger partial charge in [0.15, 0.2) is 5.82 Å². The fourth-order valence-electron chi connectivity index (χ4n) is 3.20. The van der Waals surface area contributed by atoms with Crippen LogP contribution >= 0.6 is 0 Å². The van der Waals surface area contributed by atoms with Crippen molar-refractivity contribution in [3.05, 3.63) is 47.8 Å². The largest absolute Gasteiger partial charge is 0.300 e. The van der Waals surface area contributed by atoms with Gasteiger partial charge < -0.3 is 4.57 Å². The Bertz CT molecular complexity index is 853. The highest BCUT2D eigenvalue weighted by molar-refractivity contribution is 5.70. The Labute approximate surface area is 122 Å². The van der Waals surface area contributed by atoms with Gasteiger partial charge in [0.1, 0.15) is 6.33 Å². The average molecular weight is 277 g/mol. The third kappa shape index (κ3) is 1.54. The summed E-state index contributed by atoms with van der Waals surface area (Å²) in [5, 5.41) is 4.39. The van der Waals surface area contributed by atoms with Crippen LogP contribution in [0.3, 0.4) is 0 Å². The maximum atomic E-state index is 4.49. The van der Waals surface area contributed by atoms with Gasteiger partial charge in [0, 0.05) is 5.56 Å². The van der Waals surface area contributed by atoms with Crippen LogP contribution in [-0.2, 0) is 6.54 Å². The van der Waals surface area contributed by atoms with E-state index in [0.717, 1.165) is 28.7 Å². The van der Waals surface area contributed by atoms with Crippen LogP contribution in [0.5, 0.6) is 0 Å². The SMILES string of the molecule is Cc1ncn2c1Cn1ncnc1-c1cc(C3CC3)ccc1-2. The summed E-state index contributed by atoms with van der Waals surface area (Å²) < 4.78 is 4.15. The summed E-state index contributed by atoms with van der Waals surface area (Å²) >= 11 is 0. The first-order valence-electron chi connectivity index (χ1n) is 7.36. The molecule has 0 saturated heterocycles. The van der Waals surface area contributed by atoms with Crippen LogP contribution in [0, 0.1) is 6.92 Å². The lowest BCUT2D eigenvalue weighted by Gasteiger charge is -2.10. The topological polar surface area (TPSA) is 48.5 Å². The van der Waals surface area contributed by atoms with Gasteiger partial charge in [0.05, 0.1) is 29.9 Å². The molecule has 1 saturated carbocycles. The minimum atomic E-state index is 0.717. The molecule has 21 heavy (non-hydrogen) atoms. The Morgan fingerprint density at radius 2 is 2.10 bits per heavy atom. The minimum absolute atomic E-state index is 0.717. The van der Waals surface area contributed by atoms with Crippen molar-refractivity contribution >= 4 is 0 Å². The van der Waals surface area contributed by atoms with Gasteiger partial charge >= 0.3 is 0 Å². The second-order valence-electron chi connectivity index (χ2n) is 5.94. The van der Waals surface area contributed by atoms with Crippen LogP contribution in [-0.4, -0.2) is 24.3 Å². The lowest BCUT2D eigenvalue weighted by molar-refractivity contribution is 0.674. The van der Waals surface area contributed by atoms with Crippen LogP contribution in [0.4, 0.5) is 0 Å². The predicted octanol–water partition coefficient (Wildman–Crippen LogP) is 2.68. The molecular formula is C16H15N5. The summed E-state index contributed by atoms with van der Waals surface area (Å²) in [4.78, 5) is 8.96. The fraction of sp³-hybridized carbons (Fsp3) is 0.312. The summed E-state index contributed by atoms with van der Waals surface area (Å²) in [5.41, 5.74) is 5.97. The maximum Gasteiger partial charge on any atom is 0.160 e. The average Bonchev–Trinajstić information content (AvgIpc) is 3.18. The molecule has 0 atom stereocenters. The lowest BCUT2D eigenvalue weighted by atomic mass is 10.0. The molecule has 0 spiro atoms. The van der Waals surface area contributed by atoms with Gasteiger partial charge in [-0.25, -0.2) is 14.6 Å². The molecule has 3 aromatic rings. The van der Waals surface area contributed by atoms with E-state index in [4.69, 9.17) is 0 Å². The molecule has 2 aliphatic rings. The minimum Gasteiger partial charge on any atom is -0.300 e. The van der Waals surface area contributed by atoms with E-state index >= 15 is 0 Å². The number of rotatable bonds is 1. The van der Waals surface area contributed by atoms with Gasteiger partial charge in [0.25, 0.3) is 0 Å². The van der Waals surface area contributed by atoms with E-state index in [9.17, 15) is 0 Å². The van der Waals surface area contributed by atoms with E-state index in [1.54, 1.807) is 6.33 Å². The van der Waals surface area contributed by atoms with Gasteiger partial charge in [0.2, 0.25) is 0 Å². The number of imidazole rings is 1. The van der Waals surface area contributed by atoms with Crippen LogP contribution in [0.1, 0.15) is 35.7 Å². The molecule has 104 valence electrons. The molecule has 1 fully saturated rings. The molecule has 1 aromatic carbocycles. The van der Waals surface area contributed by atoms with Crippen molar-refractivity contribution in [1.29, 1.82) is 0 Å². The molecule has 5 nitrogen and oxygen atoms in total. The monoisotopic (exact) mass is 277 g/mol. The molecule has 0 unspecified atom stereocenters. The van der Waals surface area contributed by atoms with Gasteiger partial charge in [-0.2, -0.15) is 5.10 Å². The van der Waals surface area contributed by atoms with Crippen molar-refractivity contribution < 1.29 is 0 Å². The Morgan fingerprint density at radius 1 is 1.19 bits per heavy atom. The normalized spacial score (nSPS) is 16.0. The van der Waals surface area contributed by atoms with Crippen molar-refractivity contribution in [3.8, 4) is 17.1 Å². The van der Waals surface area contributed by atoms with E-state index in [0.29, 0.717) is 6.54 Å². The van der Waals surface area contributed by atoms with Crippen LogP contribution in [0.2, 0.25) is 0 Å². The molecule has 1 aliphatic carbocycles. The van der Waals surface area contributed by atoms with Gasteiger partial charge in [-0.1, -0.05) is 6.07 Å². The molecule has 0 radical (unpaired) electrons. The zero-order valence-corrected chi connectivity index (χ0v) is 11.8. The van der Waals surface area contributed by atoms with Crippen molar-refractivity contribution in [1.82, 2.24) is 24.3 Å². The first kappa shape index (κ1) is 11.3. The number of hydrogen-bond donors (Lipinski definition) is 0. The molecule has 0 bridgehead atoms. The highest BCUT2D eigenvalue weighted by Crippen LogP contribution is 2.42. The zero-order valence-electron chi connectivity index (χ0n) is 11.8. The number of hydrogen-bond acceptors (Lipinski definition) is 3. The fourth-order valence-corrected chi connectivity index (χ4v) is 3.20. The van der Waals surface area contributed by atoms with Crippen LogP contribution in [0.25, 0.3) is 17.1 Å². The second-order valence-corrected chi connectivity index (χ2v) is 5.94. The number of nitrogens with zero attached hydrogens (tertiary/aromatic N) is 5. The molecule has 2 aromatic heterocycles. The van der Waals surface area contributed by atoms with E-state index < -0.39 is 0 Å². The first-order chi connectivity index (χ1) is 10.3. The quantitative estimate of drug-likeness (QED) is 0.537. The standard InChI is InChI=1S/C16H15N5/c1-10-15-7-21-16(17-8-19-21)13-6-12(11-2-3-11)4-5-14(13)20(15)9-18-10/h4-6,8-9,11H,2-3,7H2,1H3.